The predicted octanol–water partition coefficient (Wildman–Crippen LogP) is 1.94. The summed E-state index contributed by atoms with van der Waals surface area (Å²) in [7, 11) is 0. The minimum Gasteiger partial charge on any atom is -0.352 e. The van der Waals surface area contributed by atoms with Crippen LogP contribution in [0.15, 0.2) is 0 Å². The van der Waals surface area contributed by atoms with E-state index in [2.05, 4.69) is 12.2 Å². The summed E-state index contributed by atoms with van der Waals surface area (Å²) in [6.07, 6.45) is 4.67. The number of halogens is 1. The normalized spacial score (nSPS) is 17.0. The molecule has 6 heteroatoms. The van der Waals surface area contributed by atoms with Gasteiger partial charge < -0.3 is 16.0 Å². The molecule has 1 fully saturated rings. The summed E-state index contributed by atoms with van der Waals surface area (Å²) in [5, 5.41) is 3.07. The minimum absolute atomic E-state index is 0. The van der Waals surface area contributed by atoms with Crippen LogP contribution in [0.5, 0.6) is 0 Å². The van der Waals surface area contributed by atoms with Crippen LogP contribution in [0.2, 0.25) is 0 Å². The molecule has 1 unspecified atom stereocenters. The number of hydrogen-bond acceptors (Lipinski definition) is 3. The number of piperidine rings is 1. The molecule has 1 heterocycles. The second-order valence-corrected chi connectivity index (χ2v) is 6.34. The molecule has 0 bridgehead atoms. The fourth-order valence-electron chi connectivity index (χ4n) is 2.75. The Labute approximate surface area is 140 Å². The number of carbonyl (C=O) groups excluding carboxylic acids is 2. The summed E-state index contributed by atoms with van der Waals surface area (Å²) in [6, 6.07) is 0.0905. The van der Waals surface area contributed by atoms with Crippen molar-refractivity contribution in [3.63, 3.8) is 0 Å². The van der Waals surface area contributed by atoms with Crippen LogP contribution in [0.25, 0.3) is 0 Å². The first-order valence-corrected chi connectivity index (χ1v) is 8.28. The third-order valence-electron chi connectivity index (χ3n) is 4.21. The van der Waals surface area contributed by atoms with Gasteiger partial charge in [0.2, 0.25) is 11.8 Å². The molecule has 0 aromatic heterocycles. The van der Waals surface area contributed by atoms with E-state index in [0.29, 0.717) is 19.6 Å². The molecule has 1 aliphatic heterocycles. The van der Waals surface area contributed by atoms with Crippen molar-refractivity contribution >= 4 is 24.2 Å². The SMILES string of the molecule is CCCCC(CN)NC(=O)C1CCN(C(=O)C(C)C)CC1.Cl. The van der Waals surface area contributed by atoms with Gasteiger partial charge in [0.1, 0.15) is 0 Å². The molecule has 0 radical (unpaired) electrons. The van der Waals surface area contributed by atoms with Gasteiger partial charge in [-0.1, -0.05) is 33.6 Å². The molecule has 1 rings (SSSR count). The molecule has 0 aliphatic carbocycles. The molecular formula is C16H32ClN3O2. The van der Waals surface area contributed by atoms with E-state index in [4.69, 9.17) is 5.73 Å². The molecule has 130 valence electrons. The number of likely N-dealkylation sites (tertiary alicyclic amines) is 1. The van der Waals surface area contributed by atoms with E-state index in [1.165, 1.54) is 0 Å². The van der Waals surface area contributed by atoms with Gasteiger partial charge in [0.15, 0.2) is 0 Å². The lowest BCUT2D eigenvalue weighted by Gasteiger charge is -2.33. The quantitative estimate of drug-likeness (QED) is 0.747. The van der Waals surface area contributed by atoms with Crippen molar-refractivity contribution in [1.82, 2.24) is 10.2 Å². The van der Waals surface area contributed by atoms with Crippen molar-refractivity contribution in [3.8, 4) is 0 Å². The average molecular weight is 334 g/mol. The number of nitrogens with two attached hydrogens (primary N) is 1. The lowest BCUT2D eigenvalue weighted by molar-refractivity contribution is -0.138. The largest absolute Gasteiger partial charge is 0.352 e. The molecule has 1 saturated heterocycles. The lowest BCUT2D eigenvalue weighted by Crippen LogP contribution is -2.47. The first-order valence-electron chi connectivity index (χ1n) is 8.28. The zero-order valence-electron chi connectivity index (χ0n) is 14.1. The highest BCUT2D eigenvalue weighted by Crippen LogP contribution is 2.19. The van der Waals surface area contributed by atoms with E-state index in [9.17, 15) is 9.59 Å². The highest BCUT2D eigenvalue weighted by Gasteiger charge is 2.28. The highest BCUT2D eigenvalue weighted by molar-refractivity contribution is 5.85. The maximum Gasteiger partial charge on any atom is 0.225 e. The van der Waals surface area contributed by atoms with Gasteiger partial charge in [0, 0.05) is 37.5 Å². The Hall–Kier alpha value is -0.810. The predicted molar refractivity (Wildman–Crippen MR) is 91.9 cm³/mol. The van der Waals surface area contributed by atoms with Crippen LogP contribution in [0, 0.1) is 11.8 Å². The van der Waals surface area contributed by atoms with Gasteiger partial charge in [-0.3, -0.25) is 9.59 Å². The Balaban J connectivity index is 0.00000441. The number of nitrogens with one attached hydrogen (secondary N) is 1. The Morgan fingerprint density at radius 2 is 1.86 bits per heavy atom. The van der Waals surface area contributed by atoms with Crippen LogP contribution in [0.1, 0.15) is 52.9 Å². The van der Waals surface area contributed by atoms with Gasteiger partial charge in [-0.25, -0.2) is 0 Å². The highest BCUT2D eigenvalue weighted by atomic mass is 35.5. The Morgan fingerprint density at radius 3 is 2.32 bits per heavy atom. The molecule has 1 atom stereocenters. The topological polar surface area (TPSA) is 75.4 Å². The maximum atomic E-state index is 12.3. The molecule has 3 N–H and O–H groups in total. The fourth-order valence-corrected chi connectivity index (χ4v) is 2.75. The molecule has 1 aliphatic rings. The summed E-state index contributed by atoms with van der Waals surface area (Å²) in [4.78, 5) is 26.1. The van der Waals surface area contributed by atoms with Crippen molar-refractivity contribution in [2.24, 2.45) is 17.6 Å². The zero-order valence-corrected chi connectivity index (χ0v) is 15.0. The molecule has 2 amide bonds. The van der Waals surface area contributed by atoms with E-state index in [-0.39, 0.29) is 42.1 Å². The monoisotopic (exact) mass is 333 g/mol. The minimum atomic E-state index is 0. The van der Waals surface area contributed by atoms with E-state index < -0.39 is 0 Å². The van der Waals surface area contributed by atoms with E-state index in [0.717, 1.165) is 32.1 Å². The van der Waals surface area contributed by atoms with E-state index >= 15 is 0 Å². The first-order chi connectivity index (χ1) is 9.99. The zero-order chi connectivity index (χ0) is 15.8. The van der Waals surface area contributed by atoms with Gasteiger partial charge in [-0.05, 0) is 19.3 Å². The molecule has 0 aromatic rings. The van der Waals surface area contributed by atoms with Crippen LogP contribution in [-0.2, 0) is 9.59 Å². The Kier molecular flexibility index (Phi) is 10.4. The number of amides is 2. The molecule has 0 saturated carbocycles. The van der Waals surface area contributed by atoms with Crippen molar-refractivity contribution in [3.05, 3.63) is 0 Å². The number of hydrogen-bond donors (Lipinski definition) is 2. The van der Waals surface area contributed by atoms with E-state index in [1.54, 1.807) is 0 Å². The summed E-state index contributed by atoms with van der Waals surface area (Å²) in [5.41, 5.74) is 5.72. The first kappa shape index (κ1) is 21.2. The number of nitrogens with zero attached hydrogens (tertiary/aromatic N) is 1. The Bertz CT molecular complexity index is 342. The second kappa shape index (κ2) is 10.8. The average Bonchev–Trinajstić information content (AvgIpc) is 2.50. The van der Waals surface area contributed by atoms with Crippen molar-refractivity contribution in [2.75, 3.05) is 19.6 Å². The van der Waals surface area contributed by atoms with E-state index in [1.807, 2.05) is 18.7 Å². The third kappa shape index (κ3) is 6.53. The van der Waals surface area contributed by atoms with Gasteiger partial charge in [0.05, 0.1) is 0 Å². The maximum absolute atomic E-state index is 12.3. The smallest absolute Gasteiger partial charge is 0.225 e. The summed E-state index contributed by atoms with van der Waals surface area (Å²) in [5.74, 6) is 0.359. The van der Waals surface area contributed by atoms with Gasteiger partial charge in [0.25, 0.3) is 0 Å². The van der Waals surface area contributed by atoms with Crippen LogP contribution in [-0.4, -0.2) is 42.4 Å². The summed E-state index contributed by atoms with van der Waals surface area (Å²) in [6.45, 7) is 7.85. The standard InChI is InChI=1S/C16H31N3O2.ClH/c1-4-5-6-14(11-17)18-15(20)13-7-9-19(10-8-13)16(21)12(2)3;/h12-14H,4-11,17H2,1-3H3,(H,18,20);1H. The van der Waals surface area contributed by atoms with Crippen molar-refractivity contribution in [2.45, 2.75) is 58.9 Å². The summed E-state index contributed by atoms with van der Waals surface area (Å²) >= 11 is 0. The molecule has 5 nitrogen and oxygen atoms in total. The van der Waals surface area contributed by atoms with Gasteiger partial charge >= 0.3 is 0 Å². The summed E-state index contributed by atoms with van der Waals surface area (Å²) < 4.78 is 0. The van der Waals surface area contributed by atoms with Crippen LogP contribution >= 0.6 is 12.4 Å². The molecular weight excluding hydrogens is 302 g/mol. The Morgan fingerprint density at radius 1 is 1.27 bits per heavy atom. The van der Waals surface area contributed by atoms with Gasteiger partial charge in [-0.2, -0.15) is 0 Å². The molecule has 0 spiro atoms. The fraction of sp³-hybridized carbons (Fsp3) is 0.875. The number of unbranched alkanes of at least 4 members (excludes halogenated alkanes) is 1. The lowest BCUT2D eigenvalue weighted by atomic mass is 9.94. The van der Waals surface area contributed by atoms with Crippen molar-refractivity contribution < 1.29 is 9.59 Å². The van der Waals surface area contributed by atoms with Crippen LogP contribution in [0.3, 0.4) is 0 Å². The molecule has 22 heavy (non-hydrogen) atoms. The van der Waals surface area contributed by atoms with Crippen LogP contribution in [0.4, 0.5) is 0 Å². The number of carbonyl (C=O) groups is 2. The van der Waals surface area contributed by atoms with Crippen molar-refractivity contribution in [1.29, 1.82) is 0 Å². The van der Waals surface area contributed by atoms with Crippen LogP contribution < -0.4 is 11.1 Å². The van der Waals surface area contributed by atoms with Gasteiger partial charge in [-0.15, -0.1) is 12.4 Å². The number of rotatable bonds is 7. The second-order valence-electron chi connectivity index (χ2n) is 6.34. The molecule has 0 aromatic carbocycles. The third-order valence-corrected chi connectivity index (χ3v) is 4.21.